The second kappa shape index (κ2) is 8.94. The Morgan fingerprint density at radius 2 is 2.00 bits per heavy atom. The first-order chi connectivity index (χ1) is 12.7. The van der Waals surface area contributed by atoms with Gasteiger partial charge in [0.15, 0.2) is 6.10 Å². The second-order valence-electron chi connectivity index (χ2n) is 6.22. The third kappa shape index (κ3) is 5.03. The van der Waals surface area contributed by atoms with Crippen LogP contribution in [0.1, 0.15) is 24.5 Å². The highest BCUT2D eigenvalue weighted by Gasteiger charge is 2.20. The van der Waals surface area contributed by atoms with Crippen LogP contribution in [0.2, 0.25) is 0 Å². The van der Waals surface area contributed by atoms with Crippen LogP contribution in [-0.4, -0.2) is 36.0 Å². The van der Waals surface area contributed by atoms with Gasteiger partial charge in [0.2, 0.25) is 0 Å². The average molecular weight is 392 g/mol. The van der Waals surface area contributed by atoms with Crippen molar-refractivity contribution in [1.29, 1.82) is 0 Å². The summed E-state index contributed by atoms with van der Waals surface area (Å²) in [6, 6.07) is 3.89. The molecule has 1 N–H and O–H groups in total. The van der Waals surface area contributed by atoms with Crippen LogP contribution in [0.3, 0.4) is 0 Å². The zero-order chi connectivity index (χ0) is 20.1. The number of ether oxygens (including phenoxy) is 1. The summed E-state index contributed by atoms with van der Waals surface area (Å²) in [6.07, 6.45) is 1.18. The van der Waals surface area contributed by atoms with Gasteiger partial charge in [0.1, 0.15) is 11.3 Å². The van der Waals surface area contributed by atoms with Crippen LogP contribution >= 0.6 is 11.8 Å². The van der Waals surface area contributed by atoms with Gasteiger partial charge in [-0.25, -0.2) is 4.79 Å². The van der Waals surface area contributed by atoms with Crippen LogP contribution in [-0.2, 0) is 9.59 Å². The van der Waals surface area contributed by atoms with Gasteiger partial charge >= 0.3 is 5.63 Å². The molecule has 1 aromatic heterocycles. The van der Waals surface area contributed by atoms with E-state index in [1.807, 2.05) is 13.2 Å². The Hall–Kier alpha value is -2.48. The van der Waals surface area contributed by atoms with Gasteiger partial charge in [-0.3, -0.25) is 4.79 Å². The van der Waals surface area contributed by atoms with Crippen molar-refractivity contribution in [2.45, 2.75) is 39.3 Å². The number of carboxylic acids is 1. The van der Waals surface area contributed by atoms with Crippen molar-refractivity contribution in [3.05, 3.63) is 39.7 Å². The minimum absolute atomic E-state index is 0.266. The van der Waals surface area contributed by atoms with E-state index in [4.69, 9.17) is 9.15 Å². The van der Waals surface area contributed by atoms with Gasteiger partial charge in [-0.05, 0) is 56.9 Å². The standard InChI is InChI=1S/C19H23NO6S/c1-10-11(2)19(24)26-16-9-13(5-6-14(10)16)25-12(3)17(21)20-15(18(22)23)7-8-27-4/h5-6,9,12,15H,7-8H2,1-4H3,(H,20,21)(H,22,23)/p-1/t12-,15-/m0/s1. The molecule has 0 aliphatic heterocycles. The molecule has 7 nitrogen and oxygen atoms in total. The molecular formula is C19H22NO6S-. The van der Waals surface area contributed by atoms with Gasteiger partial charge in [-0.1, -0.05) is 0 Å². The van der Waals surface area contributed by atoms with E-state index in [-0.39, 0.29) is 6.42 Å². The topological polar surface area (TPSA) is 109 Å². The number of nitrogens with one attached hydrogen (secondary N) is 1. The van der Waals surface area contributed by atoms with Gasteiger partial charge < -0.3 is 24.4 Å². The van der Waals surface area contributed by atoms with Gasteiger partial charge in [0.05, 0.1) is 12.0 Å². The molecule has 0 saturated carbocycles. The van der Waals surface area contributed by atoms with Gasteiger partial charge in [0, 0.05) is 17.0 Å². The zero-order valence-corrected chi connectivity index (χ0v) is 16.5. The Labute approximate surface area is 161 Å². The molecule has 2 atom stereocenters. The van der Waals surface area contributed by atoms with E-state index in [2.05, 4.69) is 5.32 Å². The number of aliphatic carboxylic acids is 1. The number of carbonyl (C=O) groups is 2. The van der Waals surface area contributed by atoms with E-state index in [0.29, 0.717) is 22.6 Å². The van der Waals surface area contributed by atoms with Crippen LogP contribution in [0.4, 0.5) is 0 Å². The van der Waals surface area contributed by atoms with Crippen molar-refractivity contribution in [3.63, 3.8) is 0 Å². The molecule has 8 heteroatoms. The molecule has 1 amide bonds. The third-order valence-electron chi connectivity index (χ3n) is 4.32. The molecule has 2 aromatic rings. The Kier molecular flexibility index (Phi) is 6.90. The van der Waals surface area contributed by atoms with Crippen molar-refractivity contribution in [3.8, 4) is 5.75 Å². The lowest BCUT2D eigenvalue weighted by Gasteiger charge is -2.22. The highest BCUT2D eigenvalue weighted by Crippen LogP contribution is 2.24. The summed E-state index contributed by atoms with van der Waals surface area (Å²) in [5.41, 5.74) is 1.31. The number of thioether (sulfide) groups is 1. The number of carboxylic acid groups (broad SMARTS) is 1. The number of aryl methyl sites for hydroxylation is 1. The van der Waals surface area contributed by atoms with Crippen molar-refractivity contribution < 1.29 is 23.8 Å². The summed E-state index contributed by atoms with van der Waals surface area (Å²) in [5, 5.41) is 14.3. The molecular weight excluding hydrogens is 370 g/mol. The molecule has 2 rings (SSSR count). The van der Waals surface area contributed by atoms with E-state index in [1.54, 1.807) is 19.1 Å². The lowest BCUT2D eigenvalue weighted by atomic mass is 10.1. The molecule has 0 bridgehead atoms. The van der Waals surface area contributed by atoms with Gasteiger partial charge in [-0.2, -0.15) is 11.8 Å². The maximum atomic E-state index is 12.2. The first kappa shape index (κ1) is 20.8. The molecule has 0 saturated heterocycles. The Bertz CT molecular complexity index is 907. The van der Waals surface area contributed by atoms with E-state index < -0.39 is 29.6 Å². The summed E-state index contributed by atoms with van der Waals surface area (Å²) in [6.45, 7) is 5.04. The number of benzene rings is 1. The summed E-state index contributed by atoms with van der Waals surface area (Å²) >= 11 is 1.48. The van der Waals surface area contributed by atoms with Crippen molar-refractivity contribution >= 4 is 34.6 Å². The van der Waals surface area contributed by atoms with Crippen molar-refractivity contribution in [1.82, 2.24) is 5.32 Å². The number of amides is 1. The fourth-order valence-electron chi connectivity index (χ4n) is 2.53. The van der Waals surface area contributed by atoms with Crippen LogP contribution in [0.15, 0.2) is 27.4 Å². The van der Waals surface area contributed by atoms with Gasteiger partial charge in [0.25, 0.3) is 5.91 Å². The van der Waals surface area contributed by atoms with E-state index in [1.165, 1.54) is 24.8 Å². The van der Waals surface area contributed by atoms with Crippen LogP contribution in [0.25, 0.3) is 11.0 Å². The Morgan fingerprint density at radius 3 is 2.63 bits per heavy atom. The van der Waals surface area contributed by atoms with Crippen LogP contribution in [0, 0.1) is 13.8 Å². The molecule has 146 valence electrons. The summed E-state index contributed by atoms with van der Waals surface area (Å²) in [7, 11) is 0. The molecule has 0 radical (unpaired) electrons. The van der Waals surface area contributed by atoms with E-state index in [9.17, 15) is 19.5 Å². The summed E-state index contributed by atoms with van der Waals surface area (Å²) < 4.78 is 10.9. The maximum absolute atomic E-state index is 12.2. The first-order valence-corrected chi connectivity index (χ1v) is 9.84. The predicted octanol–water partition coefficient (Wildman–Crippen LogP) is 1.16. The third-order valence-corrected chi connectivity index (χ3v) is 4.97. The van der Waals surface area contributed by atoms with Crippen LogP contribution in [0.5, 0.6) is 5.75 Å². The minimum atomic E-state index is -1.33. The Morgan fingerprint density at radius 1 is 1.30 bits per heavy atom. The fourth-order valence-corrected chi connectivity index (χ4v) is 3.00. The highest BCUT2D eigenvalue weighted by molar-refractivity contribution is 7.98. The molecule has 27 heavy (non-hydrogen) atoms. The highest BCUT2D eigenvalue weighted by atomic mass is 32.2. The molecule has 0 fully saturated rings. The van der Waals surface area contributed by atoms with E-state index in [0.717, 1.165) is 10.9 Å². The zero-order valence-electron chi connectivity index (χ0n) is 15.7. The lowest BCUT2D eigenvalue weighted by molar-refractivity contribution is -0.308. The number of fused-ring (bicyclic) bond motifs is 1. The number of carbonyl (C=O) groups excluding carboxylic acids is 2. The maximum Gasteiger partial charge on any atom is 0.339 e. The average Bonchev–Trinajstić information content (AvgIpc) is 2.62. The first-order valence-electron chi connectivity index (χ1n) is 8.45. The molecule has 0 unspecified atom stereocenters. The molecule has 0 aliphatic rings. The molecule has 0 spiro atoms. The molecule has 1 heterocycles. The smallest absolute Gasteiger partial charge is 0.339 e. The van der Waals surface area contributed by atoms with E-state index >= 15 is 0 Å². The molecule has 1 aromatic carbocycles. The second-order valence-corrected chi connectivity index (χ2v) is 7.20. The molecule has 0 aliphatic carbocycles. The van der Waals surface area contributed by atoms with Crippen molar-refractivity contribution in [2.24, 2.45) is 0 Å². The largest absolute Gasteiger partial charge is 0.548 e. The van der Waals surface area contributed by atoms with Crippen LogP contribution < -0.4 is 20.8 Å². The lowest BCUT2D eigenvalue weighted by Crippen LogP contribution is -2.51. The SMILES string of the molecule is CSCC[C@H](NC(=O)[C@H](C)Oc1ccc2c(C)c(C)c(=O)oc2c1)C(=O)[O-]. The number of rotatable bonds is 8. The quantitative estimate of drug-likeness (QED) is 0.672. The number of hydrogen-bond donors (Lipinski definition) is 1. The van der Waals surface area contributed by atoms with Crippen molar-refractivity contribution in [2.75, 3.05) is 12.0 Å². The number of hydrogen-bond acceptors (Lipinski definition) is 7. The minimum Gasteiger partial charge on any atom is -0.548 e. The Balaban J connectivity index is 2.13. The normalized spacial score (nSPS) is 13.2. The fraction of sp³-hybridized carbons (Fsp3) is 0.421. The summed E-state index contributed by atoms with van der Waals surface area (Å²) in [4.78, 5) is 35.2. The monoisotopic (exact) mass is 392 g/mol. The van der Waals surface area contributed by atoms with Gasteiger partial charge in [-0.15, -0.1) is 0 Å². The predicted molar refractivity (Wildman–Crippen MR) is 102 cm³/mol. The summed E-state index contributed by atoms with van der Waals surface area (Å²) in [5.74, 6) is -0.975.